The Balaban J connectivity index is 1.52. The third-order valence-corrected chi connectivity index (χ3v) is 4.44. The molecule has 3 fully saturated rings. The molecule has 1 heterocycles. The molecule has 3 rings (SSSR count). The number of guanidine groups is 1. The van der Waals surface area contributed by atoms with E-state index in [1.807, 2.05) is 0 Å². The van der Waals surface area contributed by atoms with Gasteiger partial charge < -0.3 is 10.6 Å². The zero-order valence-electron chi connectivity index (χ0n) is 10.2. The third kappa shape index (κ3) is 2.18. The molecule has 2 saturated carbocycles. The molecule has 3 heteroatoms. The molecule has 0 bridgehead atoms. The summed E-state index contributed by atoms with van der Waals surface area (Å²) in [7, 11) is 0. The average Bonchev–Trinajstić information content (AvgIpc) is 3.12. The molecule has 0 radical (unpaired) electrons. The normalized spacial score (nSPS) is 36.6. The van der Waals surface area contributed by atoms with E-state index in [0.29, 0.717) is 6.04 Å². The van der Waals surface area contributed by atoms with Crippen LogP contribution in [-0.4, -0.2) is 30.0 Å². The highest BCUT2D eigenvalue weighted by atomic mass is 15.3. The lowest BCUT2D eigenvalue weighted by molar-refractivity contribution is 0.277. The first-order valence-electron chi connectivity index (χ1n) is 6.82. The second kappa shape index (κ2) is 3.94. The van der Waals surface area contributed by atoms with Crippen molar-refractivity contribution in [1.29, 1.82) is 0 Å². The fourth-order valence-electron chi connectivity index (χ4n) is 2.87. The van der Waals surface area contributed by atoms with E-state index >= 15 is 0 Å². The Morgan fingerprint density at radius 2 is 1.88 bits per heavy atom. The van der Waals surface area contributed by atoms with E-state index in [4.69, 9.17) is 10.7 Å². The number of piperidine rings is 1. The molecule has 0 aromatic heterocycles. The molecular weight excluding hydrogens is 198 g/mol. The summed E-state index contributed by atoms with van der Waals surface area (Å²) in [4.78, 5) is 6.98. The van der Waals surface area contributed by atoms with Crippen LogP contribution < -0.4 is 5.73 Å². The number of nitrogens with two attached hydrogens (primary N) is 1. The fourth-order valence-corrected chi connectivity index (χ4v) is 2.87. The predicted octanol–water partition coefficient (Wildman–Crippen LogP) is 1.83. The minimum atomic E-state index is 0.576. The molecule has 0 amide bonds. The van der Waals surface area contributed by atoms with Gasteiger partial charge in [0.15, 0.2) is 5.96 Å². The van der Waals surface area contributed by atoms with Crippen molar-refractivity contribution < 1.29 is 0 Å². The van der Waals surface area contributed by atoms with E-state index in [2.05, 4.69) is 11.8 Å². The maximum absolute atomic E-state index is 6.09. The molecule has 0 unspecified atom stereocenters. The summed E-state index contributed by atoms with van der Waals surface area (Å²) in [5.41, 5.74) is 6.09. The molecule has 0 spiro atoms. The maximum atomic E-state index is 6.09. The van der Waals surface area contributed by atoms with Gasteiger partial charge in [-0.25, -0.2) is 4.99 Å². The zero-order valence-corrected chi connectivity index (χ0v) is 10.2. The van der Waals surface area contributed by atoms with Gasteiger partial charge in [-0.1, -0.05) is 6.92 Å². The highest BCUT2D eigenvalue weighted by molar-refractivity contribution is 5.78. The summed E-state index contributed by atoms with van der Waals surface area (Å²) < 4.78 is 0. The van der Waals surface area contributed by atoms with E-state index in [0.717, 1.165) is 36.8 Å². The standard InChI is InChI=1S/C13H23N3/c1-9-4-6-16(7-5-9)13(14)15-12-8-11(12)10-2-3-10/h9-12H,2-8H2,1H3,(H2,14,15)/t11-,12+/m0/s1. The molecule has 90 valence electrons. The van der Waals surface area contributed by atoms with Crippen molar-refractivity contribution in [2.75, 3.05) is 13.1 Å². The van der Waals surface area contributed by atoms with Crippen LogP contribution in [0.25, 0.3) is 0 Å². The van der Waals surface area contributed by atoms with Gasteiger partial charge in [-0.05, 0) is 49.9 Å². The largest absolute Gasteiger partial charge is 0.370 e. The first-order valence-corrected chi connectivity index (χ1v) is 6.82. The molecule has 2 atom stereocenters. The van der Waals surface area contributed by atoms with Crippen LogP contribution in [0, 0.1) is 17.8 Å². The van der Waals surface area contributed by atoms with Crippen molar-refractivity contribution in [2.24, 2.45) is 28.5 Å². The van der Waals surface area contributed by atoms with E-state index in [9.17, 15) is 0 Å². The van der Waals surface area contributed by atoms with Crippen LogP contribution in [0.15, 0.2) is 4.99 Å². The van der Waals surface area contributed by atoms with Gasteiger partial charge in [-0.3, -0.25) is 0 Å². The topological polar surface area (TPSA) is 41.6 Å². The summed E-state index contributed by atoms with van der Waals surface area (Å²) >= 11 is 0. The van der Waals surface area contributed by atoms with Gasteiger partial charge in [0.1, 0.15) is 0 Å². The Bertz CT molecular complexity index is 288. The number of hydrogen-bond donors (Lipinski definition) is 1. The Hall–Kier alpha value is -0.730. The molecule has 2 N–H and O–H groups in total. The Labute approximate surface area is 98.1 Å². The number of hydrogen-bond acceptors (Lipinski definition) is 1. The lowest BCUT2D eigenvalue weighted by Gasteiger charge is -2.31. The predicted molar refractivity (Wildman–Crippen MR) is 66.2 cm³/mol. The van der Waals surface area contributed by atoms with Crippen molar-refractivity contribution in [1.82, 2.24) is 4.90 Å². The summed E-state index contributed by atoms with van der Waals surface area (Å²) in [5.74, 6) is 3.58. The van der Waals surface area contributed by atoms with Crippen molar-refractivity contribution in [3.8, 4) is 0 Å². The highest BCUT2D eigenvalue weighted by Crippen LogP contribution is 2.51. The maximum Gasteiger partial charge on any atom is 0.191 e. The Morgan fingerprint density at radius 3 is 2.50 bits per heavy atom. The smallest absolute Gasteiger partial charge is 0.191 e. The molecule has 3 aliphatic rings. The van der Waals surface area contributed by atoms with Crippen LogP contribution in [0.2, 0.25) is 0 Å². The Morgan fingerprint density at radius 1 is 1.19 bits per heavy atom. The van der Waals surface area contributed by atoms with Crippen LogP contribution in [0.5, 0.6) is 0 Å². The summed E-state index contributed by atoms with van der Waals surface area (Å²) in [6, 6.07) is 0.576. The molecule has 1 saturated heterocycles. The van der Waals surface area contributed by atoms with Gasteiger partial charge >= 0.3 is 0 Å². The van der Waals surface area contributed by atoms with E-state index in [1.165, 1.54) is 32.1 Å². The molecule has 3 nitrogen and oxygen atoms in total. The Kier molecular flexibility index (Phi) is 2.56. The van der Waals surface area contributed by atoms with Gasteiger partial charge in [0.05, 0.1) is 6.04 Å². The second-order valence-corrected chi connectivity index (χ2v) is 5.96. The van der Waals surface area contributed by atoms with E-state index < -0.39 is 0 Å². The third-order valence-electron chi connectivity index (χ3n) is 4.44. The first kappa shape index (κ1) is 10.4. The number of nitrogens with zero attached hydrogens (tertiary/aromatic N) is 2. The quantitative estimate of drug-likeness (QED) is 0.571. The first-order chi connectivity index (χ1) is 7.74. The summed E-state index contributed by atoms with van der Waals surface area (Å²) in [5, 5.41) is 0. The molecule has 1 aliphatic heterocycles. The molecule has 2 aliphatic carbocycles. The van der Waals surface area contributed by atoms with Crippen molar-refractivity contribution in [2.45, 2.75) is 45.1 Å². The number of aliphatic imine (C=N–C) groups is 1. The van der Waals surface area contributed by atoms with Crippen molar-refractivity contribution in [3.63, 3.8) is 0 Å². The van der Waals surface area contributed by atoms with Gasteiger partial charge in [-0.2, -0.15) is 0 Å². The van der Waals surface area contributed by atoms with Crippen LogP contribution in [0.3, 0.4) is 0 Å². The molecular formula is C13H23N3. The van der Waals surface area contributed by atoms with Crippen molar-refractivity contribution >= 4 is 5.96 Å². The van der Waals surface area contributed by atoms with E-state index in [1.54, 1.807) is 0 Å². The highest BCUT2D eigenvalue weighted by Gasteiger charge is 2.47. The SMILES string of the molecule is CC1CCN(C(N)=N[C@@H]2C[C@H]2C2CC2)CC1. The monoisotopic (exact) mass is 221 g/mol. The van der Waals surface area contributed by atoms with Gasteiger partial charge in [0.2, 0.25) is 0 Å². The van der Waals surface area contributed by atoms with Crippen LogP contribution in [0.4, 0.5) is 0 Å². The van der Waals surface area contributed by atoms with Crippen LogP contribution in [-0.2, 0) is 0 Å². The van der Waals surface area contributed by atoms with Gasteiger partial charge in [0, 0.05) is 13.1 Å². The van der Waals surface area contributed by atoms with Crippen molar-refractivity contribution in [3.05, 3.63) is 0 Å². The summed E-state index contributed by atoms with van der Waals surface area (Å²) in [6.45, 7) is 4.54. The lowest BCUT2D eigenvalue weighted by atomic mass is 10.00. The van der Waals surface area contributed by atoms with Crippen LogP contribution >= 0.6 is 0 Å². The zero-order chi connectivity index (χ0) is 11.1. The molecule has 0 aromatic carbocycles. The number of likely N-dealkylation sites (tertiary alicyclic amines) is 1. The minimum Gasteiger partial charge on any atom is -0.370 e. The molecule has 0 aromatic rings. The van der Waals surface area contributed by atoms with Gasteiger partial charge in [0.25, 0.3) is 0 Å². The minimum absolute atomic E-state index is 0.576. The fraction of sp³-hybridized carbons (Fsp3) is 0.923. The summed E-state index contributed by atoms with van der Waals surface area (Å²) in [6.07, 6.45) is 6.73. The molecule has 16 heavy (non-hydrogen) atoms. The van der Waals surface area contributed by atoms with E-state index in [-0.39, 0.29) is 0 Å². The van der Waals surface area contributed by atoms with Crippen LogP contribution in [0.1, 0.15) is 39.0 Å². The average molecular weight is 221 g/mol. The van der Waals surface area contributed by atoms with Gasteiger partial charge in [-0.15, -0.1) is 0 Å². The lowest BCUT2D eigenvalue weighted by Crippen LogP contribution is -2.42. The second-order valence-electron chi connectivity index (χ2n) is 5.96. The number of rotatable bonds is 2.